The predicted octanol–water partition coefficient (Wildman–Crippen LogP) is 2.84. The third-order valence-electron chi connectivity index (χ3n) is 4.00. The van der Waals surface area contributed by atoms with Crippen molar-refractivity contribution in [2.45, 2.75) is 52.5 Å². The van der Waals surface area contributed by atoms with Gasteiger partial charge < -0.3 is 14.8 Å². The highest BCUT2D eigenvalue weighted by atomic mass is 16.5. The molecule has 1 aliphatic carbocycles. The van der Waals surface area contributed by atoms with Crippen LogP contribution in [0.25, 0.3) is 0 Å². The fourth-order valence-electron chi connectivity index (χ4n) is 2.96. The normalized spacial score (nSPS) is 27.3. The molecule has 0 aromatic heterocycles. The monoisotopic (exact) mass is 257 g/mol. The summed E-state index contributed by atoms with van der Waals surface area (Å²) in [6, 6.07) is 0.706. The van der Waals surface area contributed by atoms with Crippen LogP contribution >= 0.6 is 0 Å². The lowest BCUT2D eigenvalue weighted by Gasteiger charge is -2.39. The molecule has 3 heteroatoms. The molecule has 0 bridgehead atoms. The van der Waals surface area contributed by atoms with E-state index < -0.39 is 0 Å². The molecule has 1 N–H and O–H groups in total. The average Bonchev–Trinajstić information content (AvgIpc) is 2.29. The maximum Gasteiger partial charge on any atom is 0.0700 e. The van der Waals surface area contributed by atoms with Crippen molar-refractivity contribution in [3.8, 4) is 0 Å². The number of nitrogens with one attached hydrogen (secondary N) is 1. The molecule has 0 aromatic carbocycles. The molecule has 0 amide bonds. The van der Waals surface area contributed by atoms with Gasteiger partial charge in [0, 0.05) is 19.8 Å². The summed E-state index contributed by atoms with van der Waals surface area (Å²) in [6.45, 7) is 10.5. The Kier molecular flexibility index (Phi) is 7.20. The van der Waals surface area contributed by atoms with Crippen LogP contribution in [0.4, 0.5) is 0 Å². The van der Waals surface area contributed by atoms with Gasteiger partial charge in [-0.3, -0.25) is 0 Å². The maximum absolute atomic E-state index is 5.46. The molecule has 0 spiro atoms. The Morgan fingerprint density at radius 3 is 2.67 bits per heavy atom. The van der Waals surface area contributed by atoms with E-state index in [4.69, 9.17) is 9.47 Å². The molecule has 3 nitrogen and oxygen atoms in total. The van der Waals surface area contributed by atoms with Gasteiger partial charge in [0.15, 0.2) is 0 Å². The molecule has 18 heavy (non-hydrogen) atoms. The second-order valence-electron chi connectivity index (χ2n) is 6.40. The van der Waals surface area contributed by atoms with Gasteiger partial charge in [-0.2, -0.15) is 0 Å². The lowest BCUT2D eigenvalue weighted by molar-refractivity contribution is 0.0682. The van der Waals surface area contributed by atoms with Gasteiger partial charge in [0.25, 0.3) is 0 Å². The van der Waals surface area contributed by atoms with Crippen LogP contribution < -0.4 is 5.32 Å². The molecular formula is C15H31NO2. The summed E-state index contributed by atoms with van der Waals surface area (Å²) in [5, 5.41) is 3.69. The van der Waals surface area contributed by atoms with E-state index in [1.807, 2.05) is 0 Å². The lowest BCUT2D eigenvalue weighted by atomic mass is 9.70. The maximum atomic E-state index is 5.46. The Labute approximate surface area is 113 Å². The van der Waals surface area contributed by atoms with Crippen LogP contribution in [0.1, 0.15) is 46.5 Å². The zero-order valence-electron chi connectivity index (χ0n) is 12.6. The Balaban J connectivity index is 2.02. The minimum Gasteiger partial charge on any atom is -0.382 e. The molecule has 1 saturated carbocycles. The number of ether oxygens (including phenoxy) is 2. The van der Waals surface area contributed by atoms with E-state index in [0.29, 0.717) is 24.7 Å². The van der Waals surface area contributed by atoms with E-state index in [9.17, 15) is 0 Å². The largest absolute Gasteiger partial charge is 0.382 e. The molecule has 0 aliphatic heterocycles. The van der Waals surface area contributed by atoms with Gasteiger partial charge in [0.05, 0.1) is 13.2 Å². The first-order valence-corrected chi connectivity index (χ1v) is 7.35. The first-order chi connectivity index (χ1) is 8.55. The highest BCUT2D eigenvalue weighted by Crippen LogP contribution is 2.38. The van der Waals surface area contributed by atoms with Crippen molar-refractivity contribution in [2.24, 2.45) is 11.3 Å². The van der Waals surface area contributed by atoms with E-state index >= 15 is 0 Å². The van der Waals surface area contributed by atoms with Crippen molar-refractivity contribution in [3.05, 3.63) is 0 Å². The Morgan fingerprint density at radius 2 is 2.00 bits per heavy atom. The molecule has 1 aliphatic rings. The number of rotatable bonds is 8. The summed E-state index contributed by atoms with van der Waals surface area (Å²) in [5.74, 6) is 0.795. The SMILES string of the molecule is COCCOCCCNC1CCC(C)(C)CC1C. The van der Waals surface area contributed by atoms with Crippen LogP contribution in [0.15, 0.2) is 0 Å². The van der Waals surface area contributed by atoms with Crippen LogP contribution in [0.5, 0.6) is 0 Å². The summed E-state index contributed by atoms with van der Waals surface area (Å²) in [4.78, 5) is 0. The molecular weight excluding hydrogens is 226 g/mol. The number of hydrogen-bond acceptors (Lipinski definition) is 3. The molecule has 1 fully saturated rings. The Morgan fingerprint density at radius 1 is 1.22 bits per heavy atom. The third-order valence-corrected chi connectivity index (χ3v) is 4.00. The Hall–Kier alpha value is -0.120. The Bertz CT molecular complexity index is 219. The van der Waals surface area contributed by atoms with E-state index in [0.717, 1.165) is 25.5 Å². The van der Waals surface area contributed by atoms with Crippen LogP contribution in [0, 0.1) is 11.3 Å². The minimum absolute atomic E-state index is 0.543. The summed E-state index contributed by atoms with van der Waals surface area (Å²) >= 11 is 0. The summed E-state index contributed by atoms with van der Waals surface area (Å²) in [5.41, 5.74) is 0.543. The summed E-state index contributed by atoms with van der Waals surface area (Å²) in [6.07, 6.45) is 5.10. The van der Waals surface area contributed by atoms with Crippen molar-refractivity contribution in [2.75, 3.05) is 33.5 Å². The van der Waals surface area contributed by atoms with Gasteiger partial charge in [-0.25, -0.2) is 0 Å². The van der Waals surface area contributed by atoms with Crippen LogP contribution in [0.3, 0.4) is 0 Å². The number of hydrogen-bond donors (Lipinski definition) is 1. The molecule has 108 valence electrons. The molecule has 0 radical (unpaired) electrons. The second kappa shape index (κ2) is 8.13. The van der Waals surface area contributed by atoms with Crippen molar-refractivity contribution in [1.29, 1.82) is 0 Å². The average molecular weight is 257 g/mol. The van der Waals surface area contributed by atoms with Gasteiger partial charge in [0.1, 0.15) is 0 Å². The van der Waals surface area contributed by atoms with Gasteiger partial charge in [0.2, 0.25) is 0 Å². The van der Waals surface area contributed by atoms with Crippen molar-refractivity contribution in [3.63, 3.8) is 0 Å². The highest BCUT2D eigenvalue weighted by Gasteiger charge is 2.31. The van der Waals surface area contributed by atoms with Crippen molar-refractivity contribution in [1.82, 2.24) is 5.32 Å². The minimum atomic E-state index is 0.543. The molecule has 2 atom stereocenters. The van der Waals surface area contributed by atoms with E-state index in [1.165, 1.54) is 19.3 Å². The quantitative estimate of drug-likeness (QED) is 0.678. The molecule has 0 saturated heterocycles. The fraction of sp³-hybridized carbons (Fsp3) is 1.00. The van der Waals surface area contributed by atoms with E-state index in [-0.39, 0.29) is 0 Å². The van der Waals surface area contributed by atoms with Crippen LogP contribution in [-0.4, -0.2) is 39.5 Å². The van der Waals surface area contributed by atoms with Gasteiger partial charge in [-0.15, -0.1) is 0 Å². The standard InChI is InChI=1S/C15H31NO2/c1-13-12-15(2,3)7-6-14(13)16-8-5-9-18-11-10-17-4/h13-14,16H,5-12H2,1-4H3. The van der Waals surface area contributed by atoms with E-state index in [1.54, 1.807) is 7.11 Å². The summed E-state index contributed by atoms with van der Waals surface area (Å²) < 4.78 is 10.4. The second-order valence-corrected chi connectivity index (χ2v) is 6.40. The third kappa shape index (κ3) is 6.17. The van der Waals surface area contributed by atoms with Crippen molar-refractivity contribution >= 4 is 0 Å². The van der Waals surface area contributed by atoms with Crippen molar-refractivity contribution < 1.29 is 9.47 Å². The highest BCUT2D eigenvalue weighted by molar-refractivity contribution is 4.86. The zero-order chi connectivity index (χ0) is 13.4. The van der Waals surface area contributed by atoms with Crippen LogP contribution in [-0.2, 0) is 9.47 Å². The zero-order valence-corrected chi connectivity index (χ0v) is 12.6. The molecule has 0 aromatic rings. The lowest BCUT2D eigenvalue weighted by Crippen LogP contribution is -2.42. The molecule has 2 unspecified atom stereocenters. The summed E-state index contributed by atoms with van der Waals surface area (Å²) in [7, 11) is 1.71. The molecule has 0 heterocycles. The predicted molar refractivity (Wildman–Crippen MR) is 75.9 cm³/mol. The van der Waals surface area contributed by atoms with Gasteiger partial charge in [-0.05, 0) is 43.6 Å². The topological polar surface area (TPSA) is 30.5 Å². The smallest absolute Gasteiger partial charge is 0.0700 e. The fourth-order valence-corrected chi connectivity index (χ4v) is 2.96. The van der Waals surface area contributed by atoms with Gasteiger partial charge in [-0.1, -0.05) is 20.8 Å². The van der Waals surface area contributed by atoms with Crippen LogP contribution in [0.2, 0.25) is 0 Å². The van der Waals surface area contributed by atoms with E-state index in [2.05, 4.69) is 26.1 Å². The number of methoxy groups -OCH3 is 1. The first-order valence-electron chi connectivity index (χ1n) is 7.35. The first kappa shape index (κ1) is 15.9. The molecule has 1 rings (SSSR count). The van der Waals surface area contributed by atoms with Gasteiger partial charge >= 0.3 is 0 Å².